The van der Waals surface area contributed by atoms with E-state index >= 15 is 0 Å². The molecule has 3 heteroatoms. The van der Waals surface area contributed by atoms with Crippen LogP contribution in [0.1, 0.15) is 12.8 Å². The minimum Gasteiger partial charge on any atom is -0.311 e. The first-order valence-electron chi connectivity index (χ1n) is 29.5. The average molecular weight is 1090 g/mol. The van der Waals surface area contributed by atoms with Crippen LogP contribution in [0.5, 0.6) is 0 Å². The van der Waals surface area contributed by atoms with Crippen LogP contribution in [0.2, 0.25) is 0 Å². The number of hydrogen-bond acceptors (Lipinski definition) is 3. The Bertz CT molecular complexity index is 4690. The predicted molar refractivity (Wildman–Crippen MR) is 363 cm³/mol. The maximum absolute atomic E-state index is 2.48. The Morgan fingerprint density at radius 3 is 1.22 bits per heavy atom. The highest BCUT2D eigenvalue weighted by Gasteiger charge is 2.25. The van der Waals surface area contributed by atoms with Gasteiger partial charge >= 0.3 is 0 Å². The van der Waals surface area contributed by atoms with Gasteiger partial charge in [-0.15, -0.1) is 0 Å². The summed E-state index contributed by atoms with van der Waals surface area (Å²) < 4.78 is 0. The van der Waals surface area contributed by atoms with Gasteiger partial charge in [-0.05, 0) is 222 Å². The lowest BCUT2D eigenvalue weighted by Gasteiger charge is -2.28. The Hall–Kier alpha value is -11.0. The predicted octanol–water partition coefficient (Wildman–Crippen LogP) is 23.3. The van der Waals surface area contributed by atoms with Crippen molar-refractivity contribution >= 4 is 88.6 Å². The van der Waals surface area contributed by atoms with Gasteiger partial charge in [-0.25, -0.2) is 0 Å². The summed E-state index contributed by atoms with van der Waals surface area (Å²) in [5.74, 6) is 0. The van der Waals surface area contributed by atoms with E-state index in [9.17, 15) is 0 Å². The van der Waals surface area contributed by atoms with Gasteiger partial charge in [0.1, 0.15) is 0 Å². The first-order chi connectivity index (χ1) is 42.2. The number of hydrogen-bond donors (Lipinski definition) is 0. The Morgan fingerprint density at radius 1 is 0.235 bits per heavy atom. The highest BCUT2D eigenvalue weighted by Crippen LogP contribution is 2.52. The van der Waals surface area contributed by atoms with E-state index in [0.29, 0.717) is 0 Å². The first kappa shape index (κ1) is 50.9. The molecule has 14 aromatic carbocycles. The summed E-state index contributed by atoms with van der Waals surface area (Å²) >= 11 is 0. The van der Waals surface area contributed by atoms with Crippen LogP contribution in [0, 0.1) is 0 Å². The van der Waals surface area contributed by atoms with Gasteiger partial charge in [-0.1, -0.05) is 212 Å². The fraction of sp³-hybridized carbons (Fsp3) is 0.0244. The third kappa shape index (κ3) is 9.68. The third-order valence-corrected chi connectivity index (χ3v) is 16.8. The summed E-state index contributed by atoms with van der Waals surface area (Å²) in [6, 6.07) is 116. The van der Waals surface area contributed by atoms with E-state index in [1.807, 2.05) is 0 Å². The zero-order valence-electron chi connectivity index (χ0n) is 47.0. The molecule has 0 radical (unpaired) electrons. The number of rotatable bonds is 13. The third-order valence-electron chi connectivity index (χ3n) is 16.8. The summed E-state index contributed by atoms with van der Waals surface area (Å²) in [5.41, 5.74) is 19.3. The molecule has 0 fully saturated rings. The van der Waals surface area contributed by atoms with Crippen molar-refractivity contribution in [2.45, 2.75) is 12.8 Å². The number of para-hydroxylation sites is 5. The number of nitrogens with zero attached hydrogens (tertiary/aromatic N) is 3. The molecule has 0 atom stereocenters. The van der Waals surface area contributed by atoms with Crippen molar-refractivity contribution in [3.63, 3.8) is 0 Å². The number of allylic oxidation sites excluding steroid dienone is 3. The van der Waals surface area contributed by atoms with Gasteiger partial charge < -0.3 is 14.7 Å². The number of fused-ring (bicyclic) bond motifs is 7. The van der Waals surface area contributed by atoms with Crippen LogP contribution in [0.3, 0.4) is 0 Å². The summed E-state index contributed by atoms with van der Waals surface area (Å²) in [4.78, 5) is 7.12. The number of anilines is 8. The molecule has 0 heterocycles. The molecule has 0 amide bonds. The fourth-order valence-electron chi connectivity index (χ4n) is 12.8. The maximum atomic E-state index is 2.48. The quantitative estimate of drug-likeness (QED) is 0.107. The summed E-state index contributed by atoms with van der Waals surface area (Å²) in [6.07, 6.45) is 8.98. The average Bonchev–Trinajstić information content (AvgIpc) is 1.13. The van der Waals surface area contributed by atoms with E-state index in [-0.39, 0.29) is 0 Å². The second-order valence-corrected chi connectivity index (χ2v) is 21.9. The van der Waals surface area contributed by atoms with Crippen molar-refractivity contribution in [3.05, 3.63) is 339 Å². The smallest absolute Gasteiger partial charge is 0.0468 e. The molecule has 0 aromatic heterocycles. The van der Waals surface area contributed by atoms with E-state index in [4.69, 9.17) is 0 Å². The number of benzene rings is 14. The lowest BCUT2D eigenvalue weighted by atomic mass is 9.81. The molecule has 402 valence electrons. The fourth-order valence-corrected chi connectivity index (χ4v) is 12.8. The minimum atomic E-state index is 1.01. The van der Waals surface area contributed by atoms with Crippen LogP contribution in [-0.4, -0.2) is 0 Å². The lowest BCUT2D eigenvalue weighted by Crippen LogP contribution is -2.16. The van der Waals surface area contributed by atoms with E-state index < -0.39 is 0 Å². The van der Waals surface area contributed by atoms with Crippen molar-refractivity contribution in [2.24, 2.45) is 0 Å². The van der Waals surface area contributed by atoms with Crippen LogP contribution in [0.25, 0.3) is 87.6 Å². The van der Waals surface area contributed by atoms with Gasteiger partial charge in [0, 0.05) is 51.2 Å². The molecule has 0 spiro atoms. The molecule has 1 aliphatic rings. The van der Waals surface area contributed by atoms with Crippen LogP contribution in [0.15, 0.2) is 339 Å². The van der Waals surface area contributed by atoms with Crippen molar-refractivity contribution in [1.29, 1.82) is 0 Å². The highest BCUT2D eigenvalue weighted by molar-refractivity contribution is 6.33. The van der Waals surface area contributed by atoms with Crippen molar-refractivity contribution in [1.82, 2.24) is 0 Å². The van der Waals surface area contributed by atoms with E-state index in [1.165, 1.54) is 76.6 Å². The molecule has 3 nitrogen and oxygen atoms in total. The molecule has 0 aliphatic heterocycles. The van der Waals surface area contributed by atoms with Gasteiger partial charge in [0.15, 0.2) is 0 Å². The summed E-state index contributed by atoms with van der Waals surface area (Å²) in [5, 5.41) is 9.60. The zero-order valence-corrected chi connectivity index (χ0v) is 47.0. The van der Waals surface area contributed by atoms with E-state index in [1.54, 1.807) is 0 Å². The lowest BCUT2D eigenvalue weighted by molar-refractivity contribution is 0.997. The van der Waals surface area contributed by atoms with Gasteiger partial charge in [0.05, 0.1) is 0 Å². The Morgan fingerprint density at radius 2 is 0.647 bits per heavy atom. The molecule has 0 saturated heterocycles. The second kappa shape index (κ2) is 22.4. The van der Waals surface area contributed by atoms with E-state index in [2.05, 4.69) is 348 Å². The molecule has 14 aromatic rings. The van der Waals surface area contributed by atoms with Crippen molar-refractivity contribution < 1.29 is 0 Å². The van der Waals surface area contributed by atoms with Gasteiger partial charge in [0.2, 0.25) is 0 Å². The zero-order chi connectivity index (χ0) is 56.5. The molecule has 0 saturated carbocycles. The van der Waals surface area contributed by atoms with Crippen LogP contribution >= 0.6 is 0 Å². The van der Waals surface area contributed by atoms with Crippen molar-refractivity contribution in [3.8, 4) is 44.5 Å². The summed E-state index contributed by atoms with van der Waals surface area (Å²) in [6.45, 7) is 0. The largest absolute Gasteiger partial charge is 0.311 e. The molecular formula is C82H59N3. The normalized spacial score (nSPS) is 12.2. The Balaban J connectivity index is 1.04. The van der Waals surface area contributed by atoms with Crippen LogP contribution < -0.4 is 14.7 Å². The second-order valence-electron chi connectivity index (χ2n) is 21.9. The van der Waals surface area contributed by atoms with E-state index in [0.717, 1.165) is 75.0 Å². The Labute approximate surface area is 497 Å². The molecule has 1 aliphatic carbocycles. The highest BCUT2D eigenvalue weighted by atomic mass is 15.2. The summed E-state index contributed by atoms with van der Waals surface area (Å²) in [7, 11) is 0. The standard InChI is InChI=1S/C82H59N3/c1-8-25-59(26-9-1)76-57-77(60-42-47-71(48-43-60)83(65-28-10-2-11-29-65)66-30-12-3-13-31-66)81-74-53-51-73(85(69-36-18-6-19-37-69)70-38-20-7-21-39-70)56-79(74)78-55-64(63-41-40-58-24-22-23-27-62(58)54-63)46-52-75(78)82(81)80(76)61-44-49-72(50-45-61)84(67-32-14-4-15-33-67)68-34-16-5-17-35-68/h1-4,6-16,18-57H,5,17H2. The maximum Gasteiger partial charge on any atom is 0.0468 e. The van der Waals surface area contributed by atoms with Crippen LogP contribution in [0.4, 0.5) is 45.5 Å². The van der Waals surface area contributed by atoms with Crippen molar-refractivity contribution in [2.75, 3.05) is 14.7 Å². The molecule has 15 rings (SSSR count). The SMILES string of the molecule is C1=CC(N(c2ccccc2)c2ccc(-c3c(-c4ccccc4)cc(-c4ccc(N(c5ccccc5)c5ccccc5)cc4)c4c5ccc(N(c6ccccc6)c6ccccc6)cc5c5cc(-c6ccc7ccccc7c6)ccc5c34)cc2)=CCC1. The minimum absolute atomic E-state index is 1.01. The van der Waals surface area contributed by atoms with Gasteiger partial charge in [-0.2, -0.15) is 0 Å². The molecule has 85 heavy (non-hydrogen) atoms. The molecule has 0 unspecified atom stereocenters. The van der Waals surface area contributed by atoms with Crippen LogP contribution in [-0.2, 0) is 0 Å². The Kier molecular flexibility index (Phi) is 13.4. The molecular weight excluding hydrogens is 1030 g/mol. The van der Waals surface area contributed by atoms with Gasteiger partial charge in [-0.3, -0.25) is 0 Å². The molecule has 0 bridgehead atoms. The first-order valence-corrected chi connectivity index (χ1v) is 29.5. The monoisotopic (exact) mass is 1090 g/mol. The molecule has 0 N–H and O–H groups in total. The van der Waals surface area contributed by atoms with Gasteiger partial charge in [0.25, 0.3) is 0 Å². The topological polar surface area (TPSA) is 9.72 Å².